The number of nitrogens with one attached hydrogen (secondary N) is 1. The average molecular weight is 399 g/mol. The van der Waals surface area contributed by atoms with Crippen LogP contribution in [0.15, 0.2) is 59.2 Å². The minimum atomic E-state index is -0.493. The molecule has 3 N–H and O–H groups in total. The van der Waals surface area contributed by atoms with Crippen LogP contribution >= 0.6 is 0 Å². The number of fused-ring (bicyclic) bond motifs is 2. The SMILES string of the molecule is CN1CCc2c(NCc3ccccc3)nc(-c3occ4c(C(N)=O)cccc34)nc21. The third-order valence-corrected chi connectivity index (χ3v) is 5.46. The van der Waals surface area contributed by atoms with Crippen molar-refractivity contribution in [1.82, 2.24) is 9.97 Å². The zero-order valence-corrected chi connectivity index (χ0v) is 16.6. The summed E-state index contributed by atoms with van der Waals surface area (Å²) < 4.78 is 5.83. The van der Waals surface area contributed by atoms with Gasteiger partial charge in [-0.2, -0.15) is 0 Å². The van der Waals surface area contributed by atoms with Crippen LogP contribution in [0.2, 0.25) is 0 Å². The molecule has 2 aromatic heterocycles. The van der Waals surface area contributed by atoms with Crippen molar-refractivity contribution >= 4 is 28.3 Å². The average Bonchev–Trinajstić information content (AvgIpc) is 3.36. The smallest absolute Gasteiger partial charge is 0.249 e. The maximum atomic E-state index is 11.8. The molecule has 3 heterocycles. The second-order valence-corrected chi connectivity index (χ2v) is 7.40. The number of nitrogens with two attached hydrogens (primary N) is 1. The topological polar surface area (TPSA) is 97.3 Å². The first-order chi connectivity index (χ1) is 14.6. The number of nitrogens with zero attached hydrogens (tertiary/aromatic N) is 3. The molecule has 0 fully saturated rings. The van der Waals surface area contributed by atoms with Gasteiger partial charge in [-0.3, -0.25) is 4.79 Å². The number of amides is 1. The molecule has 150 valence electrons. The Morgan fingerprint density at radius 3 is 2.77 bits per heavy atom. The molecule has 0 saturated carbocycles. The number of benzene rings is 2. The molecule has 0 saturated heterocycles. The third-order valence-electron chi connectivity index (χ3n) is 5.46. The predicted octanol–water partition coefficient (Wildman–Crippen LogP) is 3.59. The number of hydrogen-bond acceptors (Lipinski definition) is 6. The second kappa shape index (κ2) is 7.18. The molecule has 7 nitrogen and oxygen atoms in total. The van der Waals surface area contributed by atoms with Crippen LogP contribution in [0.1, 0.15) is 21.5 Å². The van der Waals surface area contributed by atoms with Crippen LogP contribution in [0.4, 0.5) is 11.6 Å². The highest BCUT2D eigenvalue weighted by molar-refractivity contribution is 6.08. The fourth-order valence-electron chi connectivity index (χ4n) is 3.89. The number of aromatic nitrogens is 2. The molecule has 0 aliphatic carbocycles. The van der Waals surface area contributed by atoms with Gasteiger partial charge >= 0.3 is 0 Å². The first-order valence-corrected chi connectivity index (χ1v) is 9.82. The zero-order valence-electron chi connectivity index (χ0n) is 16.6. The third kappa shape index (κ3) is 3.04. The van der Waals surface area contributed by atoms with Crippen molar-refractivity contribution in [2.75, 3.05) is 23.8 Å². The summed E-state index contributed by atoms with van der Waals surface area (Å²) in [6, 6.07) is 15.6. The van der Waals surface area contributed by atoms with Gasteiger partial charge in [0.2, 0.25) is 5.91 Å². The fraction of sp³-hybridized carbons (Fsp3) is 0.174. The first-order valence-electron chi connectivity index (χ1n) is 9.82. The molecule has 0 atom stereocenters. The first kappa shape index (κ1) is 18.2. The van der Waals surface area contributed by atoms with E-state index in [0.29, 0.717) is 29.1 Å². The molecule has 0 bridgehead atoms. The molecule has 1 amide bonds. The lowest BCUT2D eigenvalue weighted by Gasteiger charge is -2.14. The summed E-state index contributed by atoms with van der Waals surface area (Å²) >= 11 is 0. The molecular weight excluding hydrogens is 378 g/mol. The Balaban J connectivity index is 1.60. The number of carbonyl (C=O) groups is 1. The van der Waals surface area contributed by atoms with E-state index in [2.05, 4.69) is 22.3 Å². The van der Waals surface area contributed by atoms with E-state index in [0.717, 1.165) is 35.6 Å². The fourth-order valence-corrected chi connectivity index (χ4v) is 3.89. The lowest BCUT2D eigenvalue weighted by molar-refractivity contribution is 0.100. The van der Waals surface area contributed by atoms with Gasteiger partial charge in [-0.15, -0.1) is 0 Å². The maximum Gasteiger partial charge on any atom is 0.249 e. The predicted molar refractivity (Wildman–Crippen MR) is 117 cm³/mol. The van der Waals surface area contributed by atoms with Crippen molar-refractivity contribution in [3.05, 3.63) is 71.5 Å². The van der Waals surface area contributed by atoms with Gasteiger partial charge in [0.15, 0.2) is 11.6 Å². The van der Waals surface area contributed by atoms with Crippen LogP contribution < -0.4 is 16.0 Å². The standard InChI is InChI=1S/C23H21N5O2/c1-28-11-10-17-21(25-12-14-6-3-2-4-7-14)26-22(27-23(17)28)19-15-8-5-9-16(20(24)29)18(15)13-30-19/h2-9,13H,10-12H2,1H3,(H2,24,29)(H,25,26,27). The summed E-state index contributed by atoms with van der Waals surface area (Å²) in [5.41, 5.74) is 8.21. The lowest BCUT2D eigenvalue weighted by atomic mass is 10.1. The van der Waals surface area contributed by atoms with Gasteiger partial charge in [0.25, 0.3) is 0 Å². The number of carbonyl (C=O) groups excluding carboxylic acids is 1. The Labute approximate surface area is 173 Å². The van der Waals surface area contributed by atoms with Crippen LogP contribution in [-0.4, -0.2) is 29.5 Å². The number of likely N-dealkylation sites (N-methyl/N-ethyl adjacent to an activating group) is 1. The number of hydrogen-bond donors (Lipinski definition) is 2. The van der Waals surface area contributed by atoms with E-state index in [1.807, 2.05) is 31.3 Å². The summed E-state index contributed by atoms with van der Waals surface area (Å²) in [6.07, 6.45) is 2.43. The van der Waals surface area contributed by atoms with Crippen molar-refractivity contribution in [3.63, 3.8) is 0 Å². The molecule has 1 aliphatic heterocycles. The Bertz CT molecular complexity index is 1250. The minimum Gasteiger partial charge on any atom is -0.460 e. The molecule has 2 aromatic carbocycles. The zero-order chi connectivity index (χ0) is 20.7. The number of primary amides is 1. The van der Waals surface area contributed by atoms with E-state index in [9.17, 15) is 4.79 Å². The van der Waals surface area contributed by atoms with E-state index in [1.54, 1.807) is 18.4 Å². The Morgan fingerprint density at radius 1 is 1.13 bits per heavy atom. The van der Waals surface area contributed by atoms with E-state index in [-0.39, 0.29) is 0 Å². The lowest BCUT2D eigenvalue weighted by Crippen LogP contribution is -2.14. The second-order valence-electron chi connectivity index (χ2n) is 7.40. The minimum absolute atomic E-state index is 0.420. The van der Waals surface area contributed by atoms with Gasteiger partial charge in [-0.25, -0.2) is 9.97 Å². The van der Waals surface area contributed by atoms with Crippen LogP contribution in [-0.2, 0) is 13.0 Å². The molecule has 5 rings (SSSR count). The summed E-state index contributed by atoms with van der Waals surface area (Å²) in [5.74, 6) is 2.21. The molecule has 30 heavy (non-hydrogen) atoms. The summed E-state index contributed by atoms with van der Waals surface area (Å²) in [4.78, 5) is 23.5. The molecule has 7 heteroatoms. The molecule has 0 spiro atoms. The Hall–Kier alpha value is -3.87. The molecule has 0 unspecified atom stereocenters. The van der Waals surface area contributed by atoms with Crippen molar-refractivity contribution in [1.29, 1.82) is 0 Å². The highest BCUT2D eigenvalue weighted by Crippen LogP contribution is 2.36. The maximum absolute atomic E-state index is 11.8. The van der Waals surface area contributed by atoms with Crippen LogP contribution in [0.25, 0.3) is 22.4 Å². The Morgan fingerprint density at radius 2 is 1.97 bits per heavy atom. The number of rotatable bonds is 5. The van der Waals surface area contributed by atoms with E-state index in [4.69, 9.17) is 20.1 Å². The normalized spacial score (nSPS) is 12.9. The quantitative estimate of drug-likeness (QED) is 0.532. The van der Waals surface area contributed by atoms with Crippen molar-refractivity contribution < 1.29 is 9.21 Å². The van der Waals surface area contributed by atoms with Gasteiger partial charge < -0.3 is 20.4 Å². The monoisotopic (exact) mass is 399 g/mol. The Kier molecular flexibility index (Phi) is 4.35. The molecule has 1 aliphatic rings. The summed E-state index contributed by atoms with van der Waals surface area (Å²) in [5, 5.41) is 4.90. The van der Waals surface area contributed by atoms with Crippen LogP contribution in [0, 0.1) is 0 Å². The molecular formula is C23H21N5O2. The van der Waals surface area contributed by atoms with Gasteiger partial charge in [-0.1, -0.05) is 42.5 Å². The highest BCUT2D eigenvalue weighted by atomic mass is 16.3. The van der Waals surface area contributed by atoms with Crippen LogP contribution in [0.5, 0.6) is 0 Å². The number of furan rings is 1. The van der Waals surface area contributed by atoms with Crippen molar-refractivity contribution in [3.8, 4) is 11.6 Å². The summed E-state index contributed by atoms with van der Waals surface area (Å²) in [6.45, 7) is 1.55. The van der Waals surface area contributed by atoms with Crippen molar-refractivity contribution in [2.24, 2.45) is 5.73 Å². The van der Waals surface area contributed by atoms with Gasteiger partial charge in [0.1, 0.15) is 17.9 Å². The van der Waals surface area contributed by atoms with Crippen molar-refractivity contribution in [2.45, 2.75) is 13.0 Å². The van der Waals surface area contributed by atoms with E-state index >= 15 is 0 Å². The number of anilines is 2. The largest absolute Gasteiger partial charge is 0.460 e. The van der Waals surface area contributed by atoms with Gasteiger partial charge in [0.05, 0.1) is 5.56 Å². The molecule has 0 radical (unpaired) electrons. The van der Waals surface area contributed by atoms with Crippen LogP contribution in [0.3, 0.4) is 0 Å². The van der Waals surface area contributed by atoms with E-state index < -0.39 is 5.91 Å². The molecule has 4 aromatic rings. The van der Waals surface area contributed by atoms with Gasteiger partial charge in [0, 0.05) is 36.5 Å². The summed E-state index contributed by atoms with van der Waals surface area (Å²) in [7, 11) is 2.02. The van der Waals surface area contributed by atoms with E-state index in [1.165, 1.54) is 5.56 Å². The van der Waals surface area contributed by atoms with Gasteiger partial charge in [-0.05, 0) is 18.1 Å². The highest BCUT2D eigenvalue weighted by Gasteiger charge is 2.25.